The van der Waals surface area contributed by atoms with Crippen molar-refractivity contribution in [2.45, 2.75) is 11.8 Å². The van der Waals surface area contributed by atoms with Gasteiger partial charge in [0, 0.05) is 9.30 Å². The molecule has 0 saturated carbocycles. The molecule has 0 aliphatic rings. The van der Waals surface area contributed by atoms with E-state index in [1.165, 1.54) is 5.56 Å². The molecule has 0 N–H and O–H groups in total. The van der Waals surface area contributed by atoms with Crippen molar-refractivity contribution in [2.75, 3.05) is 0 Å². The van der Waals surface area contributed by atoms with Crippen LogP contribution in [0.4, 0.5) is 0 Å². The average molecular weight is 290 g/mol. The third kappa shape index (κ3) is 3.55. The number of hydrogen-bond acceptors (Lipinski definition) is 0. The third-order valence-electron chi connectivity index (χ3n) is 1.40. The van der Waals surface area contributed by atoms with E-state index in [1.54, 1.807) is 0 Å². The van der Waals surface area contributed by atoms with E-state index in [-0.39, 0.29) is 0 Å². The molecule has 0 bridgehead atoms. The van der Waals surface area contributed by atoms with Gasteiger partial charge in [-0.25, -0.2) is 0 Å². The summed E-state index contributed by atoms with van der Waals surface area (Å²) in [5.74, 6) is 0. The van der Waals surface area contributed by atoms with Gasteiger partial charge in [0.25, 0.3) is 0 Å². The predicted molar refractivity (Wildman–Crippen MR) is 61.6 cm³/mol. The second-order valence-electron chi connectivity index (χ2n) is 2.59. The first-order valence-electron chi connectivity index (χ1n) is 3.76. The summed E-state index contributed by atoms with van der Waals surface area (Å²) in [6.45, 7) is 2.09. The Labute approximate surface area is 89.9 Å². The predicted octanol–water partition coefficient (Wildman–Crippen LogP) is 4.25. The lowest BCUT2D eigenvalue weighted by atomic mass is 10.2. The first-order chi connectivity index (χ1) is 5.68. The SMILES string of the molecule is CC(Br)/C=C/c1cccc(Br)c1. The van der Waals surface area contributed by atoms with Crippen LogP contribution >= 0.6 is 31.9 Å². The average Bonchev–Trinajstić information content (AvgIpc) is 2.01. The first kappa shape index (κ1) is 10.0. The molecular formula is C10H10Br2. The maximum absolute atomic E-state index is 3.45. The standard InChI is InChI=1S/C10H10Br2/c1-8(11)5-6-9-3-2-4-10(12)7-9/h2-8H,1H3/b6-5+. The third-order valence-corrected chi connectivity index (χ3v) is 2.20. The van der Waals surface area contributed by atoms with Crippen molar-refractivity contribution in [3.05, 3.63) is 40.4 Å². The van der Waals surface area contributed by atoms with E-state index in [2.05, 4.69) is 63.1 Å². The molecule has 0 aliphatic carbocycles. The highest BCUT2D eigenvalue weighted by Gasteiger charge is 1.89. The number of halogens is 2. The van der Waals surface area contributed by atoms with E-state index in [0.717, 1.165) is 4.47 Å². The van der Waals surface area contributed by atoms with Gasteiger partial charge in [0.2, 0.25) is 0 Å². The summed E-state index contributed by atoms with van der Waals surface area (Å²) in [6.07, 6.45) is 4.21. The van der Waals surface area contributed by atoms with Crippen LogP contribution in [-0.4, -0.2) is 4.83 Å². The van der Waals surface area contributed by atoms with Crippen LogP contribution in [0.25, 0.3) is 6.08 Å². The Morgan fingerprint density at radius 1 is 1.42 bits per heavy atom. The molecule has 1 rings (SSSR count). The largest absolute Gasteiger partial charge is 0.0848 e. The van der Waals surface area contributed by atoms with Crippen molar-refractivity contribution >= 4 is 37.9 Å². The second kappa shape index (κ2) is 4.83. The summed E-state index contributed by atoms with van der Waals surface area (Å²) in [4.78, 5) is 0.427. The monoisotopic (exact) mass is 288 g/mol. The van der Waals surface area contributed by atoms with Gasteiger partial charge in [-0.1, -0.05) is 56.1 Å². The number of benzene rings is 1. The maximum atomic E-state index is 3.45. The van der Waals surface area contributed by atoms with Gasteiger partial charge >= 0.3 is 0 Å². The molecule has 0 nitrogen and oxygen atoms in total. The normalized spacial score (nSPS) is 13.6. The minimum absolute atomic E-state index is 0.427. The van der Waals surface area contributed by atoms with Gasteiger partial charge in [-0.2, -0.15) is 0 Å². The molecule has 12 heavy (non-hydrogen) atoms. The van der Waals surface area contributed by atoms with Crippen LogP contribution in [0.1, 0.15) is 12.5 Å². The molecule has 0 amide bonds. The highest BCUT2D eigenvalue weighted by molar-refractivity contribution is 9.10. The highest BCUT2D eigenvalue weighted by Crippen LogP contribution is 2.13. The Morgan fingerprint density at radius 2 is 2.17 bits per heavy atom. The highest BCUT2D eigenvalue weighted by atomic mass is 79.9. The van der Waals surface area contributed by atoms with Crippen LogP contribution < -0.4 is 0 Å². The summed E-state index contributed by atoms with van der Waals surface area (Å²) in [6, 6.07) is 8.22. The summed E-state index contributed by atoms with van der Waals surface area (Å²) in [5.41, 5.74) is 1.22. The molecule has 0 fully saturated rings. The second-order valence-corrected chi connectivity index (χ2v) is 4.95. The number of rotatable bonds is 2. The molecule has 2 heteroatoms. The molecule has 0 heterocycles. The fourth-order valence-electron chi connectivity index (χ4n) is 0.854. The summed E-state index contributed by atoms with van der Waals surface area (Å²) >= 11 is 6.88. The summed E-state index contributed by atoms with van der Waals surface area (Å²) < 4.78 is 1.12. The number of hydrogen-bond donors (Lipinski definition) is 0. The fourth-order valence-corrected chi connectivity index (χ4v) is 1.42. The molecule has 1 aromatic carbocycles. The molecule has 64 valence electrons. The molecule has 0 saturated heterocycles. The Hall–Kier alpha value is -0.0800. The number of alkyl halides is 1. The molecule has 1 aromatic rings. The van der Waals surface area contributed by atoms with Gasteiger partial charge in [-0.15, -0.1) is 0 Å². The van der Waals surface area contributed by atoms with Crippen molar-refractivity contribution in [3.8, 4) is 0 Å². The zero-order valence-corrected chi connectivity index (χ0v) is 9.97. The quantitative estimate of drug-likeness (QED) is 0.714. The zero-order valence-electron chi connectivity index (χ0n) is 6.80. The topological polar surface area (TPSA) is 0 Å². The molecule has 0 radical (unpaired) electrons. The molecule has 1 unspecified atom stereocenters. The van der Waals surface area contributed by atoms with Gasteiger partial charge < -0.3 is 0 Å². The molecule has 0 aromatic heterocycles. The minimum Gasteiger partial charge on any atom is -0.0848 e. The van der Waals surface area contributed by atoms with Crippen molar-refractivity contribution < 1.29 is 0 Å². The molecule has 0 spiro atoms. The lowest BCUT2D eigenvalue weighted by Crippen LogP contribution is -1.79. The Balaban J connectivity index is 2.76. The van der Waals surface area contributed by atoms with E-state index in [9.17, 15) is 0 Å². The van der Waals surface area contributed by atoms with Crippen LogP contribution in [0.2, 0.25) is 0 Å². The van der Waals surface area contributed by atoms with Crippen molar-refractivity contribution in [3.63, 3.8) is 0 Å². The van der Waals surface area contributed by atoms with Crippen LogP contribution in [-0.2, 0) is 0 Å². The first-order valence-corrected chi connectivity index (χ1v) is 5.47. The fraction of sp³-hybridized carbons (Fsp3) is 0.200. The maximum Gasteiger partial charge on any atom is 0.0300 e. The van der Waals surface area contributed by atoms with Crippen molar-refractivity contribution in [2.24, 2.45) is 0 Å². The van der Waals surface area contributed by atoms with Crippen LogP contribution in [0.15, 0.2) is 34.8 Å². The lowest BCUT2D eigenvalue weighted by molar-refractivity contribution is 1.28. The van der Waals surface area contributed by atoms with E-state index in [0.29, 0.717) is 4.83 Å². The van der Waals surface area contributed by atoms with Crippen LogP contribution in [0.3, 0.4) is 0 Å². The lowest BCUT2D eigenvalue weighted by Gasteiger charge is -1.95. The van der Waals surface area contributed by atoms with E-state index < -0.39 is 0 Å². The van der Waals surface area contributed by atoms with E-state index in [4.69, 9.17) is 0 Å². The van der Waals surface area contributed by atoms with Crippen LogP contribution in [0, 0.1) is 0 Å². The number of allylic oxidation sites excluding steroid dienone is 1. The Kier molecular flexibility index (Phi) is 4.02. The van der Waals surface area contributed by atoms with Gasteiger partial charge in [0.1, 0.15) is 0 Å². The summed E-state index contributed by atoms with van der Waals surface area (Å²) in [7, 11) is 0. The minimum atomic E-state index is 0.427. The Bertz CT molecular complexity index is 277. The molecule has 0 aliphatic heterocycles. The van der Waals surface area contributed by atoms with Crippen LogP contribution in [0.5, 0.6) is 0 Å². The smallest absolute Gasteiger partial charge is 0.0300 e. The van der Waals surface area contributed by atoms with Crippen molar-refractivity contribution in [1.29, 1.82) is 0 Å². The zero-order chi connectivity index (χ0) is 8.97. The van der Waals surface area contributed by atoms with Crippen molar-refractivity contribution in [1.82, 2.24) is 0 Å². The van der Waals surface area contributed by atoms with E-state index in [1.807, 2.05) is 12.1 Å². The Morgan fingerprint density at radius 3 is 2.75 bits per heavy atom. The van der Waals surface area contributed by atoms with Gasteiger partial charge in [-0.3, -0.25) is 0 Å². The van der Waals surface area contributed by atoms with Gasteiger partial charge in [0.15, 0.2) is 0 Å². The van der Waals surface area contributed by atoms with Gasteiger partial charge in [-0.05, 0) is 24.6 Å². The molecule has 1 atom stereocenters. The van der Waals surface area contributed by atoms with E-state index >= 15 is 0 Å². The summed E-state index contributed by atoms with van der Waals surface area (Å²) in [5, 5.41) is 0. The van der Waals surface area contributed by atoms with Gasteiger partial charge in [0.05, 0.1) is 0 Å². The molecular weight excluding hydrogens is 280 g/mol.